The fourth-order valence-electron chi connectivity index (χ4n) is 3.57. The van der Waals surface area contributed by atoms with E-state index in [0.29, 0.717) is 19.4 Å². The third-order valence-electron chi connectivity index (χ3n) is 5.07. The third-order valence-corrected chi connectivity index (χ3v) is 5.60. The molecule has 0 aliphatic carbocycles. The molecular weight excluding hydrogens is 406 g/mol. The molecule has 1 aliphatic heterocycles. The molecule has 1 saturated heterocycles. The summed E-state index contributed by atoms with van der Waals surface area (Å²) in [5, 5.41) is 10.4. The molecule has 1 amide bonds. The standard InChI is InChI=1S/C22H30BrNO3/c1-6-7-8-16(2)22(15-21(4,5)26)13-14-24(20(25)27-22)17(3)18-9-11-19(23)12-10-18/h6-12,17,26H,13-15H2,1-5H3/b7-6-,16-8+/t17-,22-/m0/s1. The van der Waals surface area contributed by atoms with Crippen LogP contribution in [0.1, 0.15) is 59.1 Å². The Kier molecular flexibility index (Phi) is 6.92. The predicted octanol–water partition coefficient (Wildman–Crippen LogP) is 5.77. The Morgan fingerprint density at radius 3 is 2.56 bits per heavy atom. The maximum Gasteiger partial charge on any atom is 0.411 e. The monoisotopic (exact) mass is 435 g/mol. The lowest BCUT2D eigenvalue weighted by Gasteiger charge is -2.45. The molecule has 148 valence electrons. The second kappa shape index (κ2) is 8.61. The zero-order valence-corrected chi connectivity index (χ0v) is 18.4. The van der Waals surface area contributed by atoms with Gasteiger partial charge in [-0.2, -0.15) is 0 Å². The molecule has 1 aliphatic rings. The Labute approximate surface area is 171 Å². The molecule has 1 aromatic carbocycles. The van der Waals surface area contributed by atoms with Crippen molar-refractivity contribution in [2.45, 2.75) is 64.7 Å². The van der Waals surface area contributed by atoms with Crippen molar-refractivity contribution in [1.82, 2.24) is 4.90 Å². The first-order valence-corrected chi connectivity index (χ1v) is 10.1. The van der Waals surface area contributed by atoms with Crippen LogP contribution in [0.25, 0.3) is 0 Å². The van der Waals surface area contributed by atoms with Gasteiger partial charge in [-0.05, 0) is 57.9 Å². The van der Waals surface area contributed by atoms with Gasteiger partial charge < -0.3 is 14.7 Å². The van der Waals surface area contributed by atoms with E-state index in [2.05, 4.69) is 15.9 Å². The Morgan fingerprint density at radius 2 is 2.04 bits per heavy atom. The minimum Gasteiger partial charge on any atom is -0.438 e. The van der Waals surface area contributed by atoms with E-state index in [9.17, 15) is 9.90 Å². The van der Waals surface area contributed by atoms with E-state index in [-0.39, 0.29) is 12.1 Å². The van der Waals surface area contributed by atoms with Gasteiger partial charge >= 0.3 is 6.09 Å². The Balaban J connectivity index is 2.26. The lowest BCUT2D eigenvalue weighted by atomic mass is 9.80. The number of cyclic esters (lactones) is 1. The average Bonchev–Trinajstić information content (AvgIpc) is 2.58. The number of carbonyl (C=O) groups excluding carboxylic acids is 1. The number of amides is 1. The van der Waals surface area contributed by atoms with Crippen LogP contribution in [-0.2, 0) is 4.74 Å². The normalized spacial score (nSPS) is 22.9. The number of nitrogens with zero attached hydrogens (tertiary/aromatic N) is 1. The molecule has 0 spiro atoms. The highest BCUT2D eigenvalue weighted by molar-refractivity contribution is 9.10. The summed E-state index contributed by atoms with van der Waals surface area (Å²) in [7, 11) is 0. The van der Waals surface area contributed by atoms with Crippen LogP contribution in [0.2, 0.25) is 0 Å². The summed E-state index contributed by atoms with van der Waals surface area (Å²) in [5.74, 6) is 0. The van der Waals surface area contributed by atoms with Gasteiger partial charge in [-0.15, -0.1) is 0 Å². The number of allylic oxidation sites excluding steroid dienone is 3. The Hall–Kier alpha value is -1.59. The lowest BCUT2D eigenvalue weighted by molar-refractivity contribution is -0.0762. The SMILES string of the molecule is C/C=C\C=C(/C)[C@@]1(CC(C)(C)O)CCN([C@@H](C)c2ccc(Br)cc2)C(=O)O1. The highest BCUT2D eigenvalue weighted by Crippen LogP contribution is 2.39. The van der Waals surface area contributed by atoms with Crippen LogP contribution in [0.4, 0.5) is 4.79 Å². The quantitative estimate of drug-likeness (QED) is 0.576. The van der Waals surface area contributed by atoms with E-state index < -0.39 is 11.2 Å². The van der Waals surface area contributed by atoms with Crippen LogP contribution in [0.15, 0.2) is 52.5 Å². The zero-order valence-electron chi connectivity index (χ0n) is 16.8. The molecule has 0 saturated carbocycles. The molecule has 1 fully saturated rings. The average molecular weight is 436 g/mol. The highest BCUT2D eigenvalue weighted by Gasteiger charge is 2.46. The molecule has 1 aromatic rings. The van der Waals surface area contributed by atoms with E-state index in [0.717, 1.165) is 15.6 Å². The molecule has 1 heterocycles. The van der Waals surface area contributed by atoms with Crippen molar-refractivity contribution in [3.63, 3.8) is 0 Å². The van der Waals surface area contributed by atoms with Gasteiger partial charge in [-0.1, -0.05) is 46.3 Å². The summed E-state index contributed by atoms with van der Waals surface area (Å²) in [4.78, 5) is 14.7. The largest absolute Gasteiger partial charge is 0.438 e. The van der Waals surface area contributed by atoms with Crippen LogP contribution in [0.5, 0.6) is 0 Å². The number of hydrogen-bond donors (Lipinski definition) is 1. The topological polar surface area (TPSA) is 49.8 Å². The van der Waals surface area contributed by atoms with Crippen molar-refractivity contribution >= 4 is 22.0 Å². The van der Waals surface area contributed by atoms with Crippen LogP contribution in [-0.4, -0.2) is 33.8 Å². The molecule has 27 heavy (non-hydrogen) atoms. The second-order valence-electron chi connectivity index (χ2n) is 7.90. The van der Waals surface area contributed by atoms with Crippen molar-refractivity contribution in [3.05, 3.63) is 58.1 Å². The van der Waals surface area contributed by atoms with Crippen molar-refractivity contribution in [2.24, 2.45) is 0 Å². The Morgan fingerprint density at radius 1 is 1.41 bits per heavy atom. The van der Waals surface area contributed by atoms with Gasteiger partial charge in [-0.25, -0.2) is 4.79 Å². The fraction of sp³-hybridized carbons (Fsp3) is 0.500. The first-order valence-electron chi connectivity index (χ1n) is 9.35. The highest BCUT2D eigenvalue weighted by atomic mass is 79.9. The summed E-state index contributed by atoms with van der Waals surface area (Å²) in [6.45, 7) is 10.0. The van der Waals surface area contributed by atoms with Gasteiger partial charge in [0, 0.05) is 23.9 Å². The second-order valence-corrected chi connectivity index (χ2v) is 8.81. The molecule has 5 heteroatoms. The number of halogens is 1. The van der Waals surface area contributed by atoms with E-state index in [1.54, 1.807) is 18.7 Å². The number of aliphatic hydroxyl groups is 1. The van der Waals surface area contributed by atoms with Gasteiger partial charge in [0.2, 0.25) is 0 Å². The summed E-state index contributed by atoms with van der Waals surface area (Å²) in [5.41, 5.74) is 0.286. The molecule has 1 N–H and O–H groups in total. The molecule has 2 rings (SSSR count). The lowest BCUT2D eigenvalue weighted by Crippen LogP contribution is -2.53. The van der Waals surface area contributed by atoms with Gasteiger partial charge in [0.05, 0.1) is 11.6 Å². The first kappa shape index (κ1) is 21.7. The summed E-state index contributed by atoms with van der Waals surface area (Å²) in [6.07, 6.45) is 6.51. The van der Waals surface area contributed by atoms with Crippen molar-refractivity contribution in [3.8, 4) is 0 Å². The number of benzene rings is 1. The number of hydrogen-bond acceptors (Lipinski definition) is 3. The van der Waals surface area contributed by atoms with Crippen LogP contribution in [0.3, 0.4) is 0 Å². The molecule has 4 nitrogen and oxygen atoms in total. The van der Waals surface area contributed by atoms with Gasteiger partial charge in [-0.3, -0.25) is 0 Å². The van der Waals surface area contributed by atoms with E-state index in [1.165, 1.54) is 0 Å². The molecule has 0 unspecified atom stereocenters. The summed E-state index contributed by atoms with van der Waals surface area (Å²) in [6, 6.07) is 7.90. The molecular formula is C22H30BrNO3. The minimum absolute atomic E-state index is 0.0782. The molecule has 0 aromatic heterocycles. The van der Waals surface area contributed by atoms with Crippen molar-refractivity contribution in [2.75, 3.05) is 6.54 Å². The van der Waals surface area contributed by atoms with Gasteiger partial charge in [0.25, 0.3) is 0 Å². The van der Waals surface area contributed by atoms with Crippen LogP contribution >= 0.6 is 15.9 Å². The predicted molar refractivity (Wildman–Crippen MR) is 113 cm³/mol. The minimum atomic E-state index is -0.940. The number of rotatable bonds is 6. The van der Waals surface area contributed by atoms with Crippen LogP contribution < -0.4 is 0 Å². The van der Waals surface area contributed by atoms with Crippen molar-refractivity contribution in [1.29, 1.82) is 0 Å². The van der Waals surface area contributed by atoms with Crippen molar-refractivity contribution < 1.29 is 14.6 Å². The number of carbonyl (C=O) groups is 1. The molecule has 0 bridgehead atoms. The third kappa shape index (κ3) is 5.45. The number of ether oxygens (including phenoxy) is 1. The van der Waals surface area contributed by atoms with Crippen LogP contribution in [0, 0.1) is 0 Å². The maximum absolute atomic E-state index is 12.9. The van der Waals surface area contributed by atoms with E-state index in [1.807, 2.05) is 63.3 Å². The fourth-order valence-corrected chi connectivity index (χ4v) is 3.84. The molecule has 2 atom stereocenters. The zero-order chi connectivity index (χ0) is 20.2. The van der Waals surface area contributed by atoms with Gasteiger partial charge in [0.15, 0.2) is 0 Å². The maximum atomic E-state index is 12.9. The summed E-state index contributed by atoms with van der Waals surface area (Å²) >= 11 is 3.44. The smallest absolute Gasteiger partial charge is 0.411 e. The van der Waals surface area contributed by atoms with E-state index in [4.69, 9.17) is 4.74 Å². The van der Waals surface area contributed by atoms with E-state index >= 15 is 0 Å². The Bertz CT molecular complexity index is 718. The summed E-state index contributed by atoms with van der Waals surface area (Å²) < 4.78 is 7.01. The molecule has 0 radical (unpaired) electrons. The van der Waals surface area contributed by atoms with Gasteiger partial charge in [0.1, 0.15) is 5.60 Å². The first-order chi connectivity index (χ1) is 12.6.